The lowest BCUT2D eigenvalue weighted by Gasteiger charge is -2.17. The molecule has 1 aromatic carbocycles. The first-order chi connectivity index (χ1) is 8.58. The molecule has 0 aromatic heterocycles. The topological polar surface area (TPSA) is 50.4 Å². The summed E-state index contributed by atoms with van der Waals surface area (Å²) in [6.45, 7) is 2.41. The van der Waals surface area contributed by atoms with Crippen LogP contribution in [-0.2, 0) is 4.79 Å². The summed E-state index contributed by atoms with van der Waals surface area (Å²) in [5.41, 5.74) is 0.635. The zero-order valence-electron chi connectivity index (χ0n) is 10.9. The largest absolute Gasteiger partial charge is 0.496 e. The highest BCUT2D eigenvalue weighted by molar-refractivity contribution is 5.76. The lowest BCUT2D eigenvalue weighted by atomic mass is 10.1. The number of amides is 1. The molecule has 5 heteroatoms. The van der Waals surface area contributed by atoms with Crippen LogP contribution in [0.4, 0.5) is 4.39 Å². The maximum absolute atomic E-state index is 13.2. The molecule has 2 N–H and O–H groups in total. The van der Waals surface area contributed by atoms with E-state index in [0.717, 1.165) is 0 Å². The fourth-order valence-electron chi connectivity index (χ4n) is 1.67. The molecule has 0 aliphatic carbocycles. The van der Waals surface area contributed by atoms with Crippen LogP contribution >= 0.6 is 0 Å². The van der Waals surface area contributed by atoms with E-state index in [1.165, 1.54) is 19.2 Å². The molecule has 0 spiro atoms. The van der Waals surface area contributed by atoms with Crippen molar-refractivity contribution in [2.24, 2.45) is 0 Å². The first-order valence-corrected chi connectivity index (χ1v) is 5.86. The molecule has 1 aromatic rings. The molecule has 1 atom stereocenters. The van der Waals surface area contributed by atoms with E-state index in [4.69, 9.17) is 4.74 Å². The fourth-order valence-corrected chi connectivity index (χ4v) is 1.67. The van der Waals surface area contributed by atoms with Crippen molar-refractivity contribution in [3.63, 3.8) is 0 Å². The van der Waals surface area contributed by atoms with Gasteiger partial charge in [0.25, 0.3) is 0 Å². The van der Waals surface area contributed by atoms with Crippen LogP contribution in [0.3, 0.4) is 0 Å². The summed E-state index contributed by atoms with van der Waals surface area (Å²) in [6.07, 6.45) is 0.387. The Morgan fingerprint density at radius 2 is 2.22 bits per heavy atom. The summed E-state index contributed by atoms with van der Waals surface area (Å²) in [5, 5.41) is 5.71. The van der Waals surface area contributed by atoms with Gasteiger partial charge in [0.15, 0.2) is 0 Å². The van der Waals surface area contributed by atoms with Crippen LogP contribution < -0.4 is 15.4 Å². The van der Waals surface area contributed by atoms with Crippen LogP contribution in [0.5, 0.6) is 5.75 Å². The Kier molecular flexibility index (Phi) is 5.58. The highest BCUT2D eigenvalue weighted by atomic mass is 19.1. The molecule has 0 aliphatic heterocycles. The normalized spacial score (nSPS) is 12.0. The van der Waals surface area contributed by atoms with Gasteiger partial charge in [-0.2, -0.15) is 0 Å². The standard InChI is InChI=1S/C13H19FN2O2/c1-9(16-13(17)6-7-15-2)11-8-10(14)4-5-12(11)18-3/h4-5,8-9,15H,6-7H2,1-3H3,(H,16,17). The highest BCUT2D eigenvalue weighted by Gasteiger charge is 2.14. The third-order valence-corrected chi connectivity index (χ3v) is 2.64. The first-order valence-electron chi connectivity index (χ1n) is 5.86. The van der Waals surface area contributed by atoms with Gasteiger partial charge in [-0.05, 0) is 32.2 Å². The Balaban J connectivity index is 2.73. The third kappa shape index (κ3) is 4.00. The molecule has 1 amide bonds. The minimum atomic E-state index is -0.345. The summed E-state index contributed by atoms with van der Waals surface area (Å²) in [6, 6.07) is 3.97. The smallest absolute Gasteiger partial charge is 0.221 e. The second-order valence-electron chi connectivity index (χ2n) is 4.03. The van der Waals surface area contributed by atoms with Gasteiger partial charge < -0.3 is 15.4 Å². The zero-order chi connectivity index (χ0) is 13.5. The molecule has 0 bridgehead atoms. The Bertz CT molecular complexity index is 410. The molecule has 0 aliphatic rings. The predicted molar refractivity (Wildman–Crippen MR) is 68.1 cm³/mol. The summed E-state index contributed by atoms with van der Waals surface area (Å²) in [5.74, 6) is 0.142. The first kappa shape index (κ1) is 14.4. The lowest BCUT2D eigenvalue weighted by molar-refractivity contribution is -0.121. The van der Waals surface area contributed by atoms with Crippen LogP contribution in [0.25, 0.3) is 0 Å². The summed E-state index contributed by atoms with van der Waals surface area (Å²) in [7, 11) is 3.30. The second kappa shape index (κ2) is 6.96. The van der Waals surface area contributed by atoms with Crippen molar-refractivity contribution in [2.75, 3.05) is 20.7 Å². The van der Waals surface area contributed by atoms with E-state index in [1.54, 1.807) is 20.0 Å². The van der Waals surface area contributed by atoms with E-state index in [-0.39, 0.29) is 17.8 Å². The van der Waals surface area contributed by atoms with Gasteiger partial charge in [-0.15, -0.1) is 0 Å². The maximum atomic E-state index is 13.2. The summed E-state index contributed by atoms with van der Waals surface area (Å²) in [4.78, 5) is 11.6. The number of carbonyl (C=O) groups is 1. The van der Waals surface area contributed by atoms with Gasteiger partial charge in [-0.1, -0.05) is 0 Å². The van der Waals surface area contributed by atoms with E-state index in [0.29, 0.717) is 24.3 Å². The van der Waals surface area contributed by atoms with Crippen LogP contribution in [0.15, 0.2) is 18.2 Å². The van der Waals surface area contributed by atoms with Gasteiger partial charge in [0.05, 0.1) is 13.2 Å². The number of ether oxygens (including phenoxy) is 1. The molecule has 18 heavy (non-hydrogen) atoms. The van der Waals surface area contributed by atoms with Gasteiger partial charge in [-0.3, -0.25) is 4.79 Å². The highest BCUT2D eigenvalue weighted by Crippen LogP contribution is 2.25. The summed E-state index contributed by atoms with van der Waals surface area (Å²) < 4.78 is 18.4. The predicted octanol–water partition coefficient (Wildman–Crippen LogP) is 1.62. The van der Waals surface area contributed by atoms with Gasteiger partial charge in [0.2, 0.25) is 5.91 Å². The molecular weight excluding hydrogens is 235 g/mol. The molecule has 0 saturated heterocycles. The van der Waals surface area contributed by atoms with Crippen LogP contribution in [-0.4, -0.2) is 26.6 Å². The maximum Gasteiger partial charge on any atom is 0.221 e. The Labute approximate surface area is 107 Å². The Morgan fingerprint density at radius 1 is 1.50 bits per heavy atom. The van der Waals surface area contributed by atoms with Crippen molar-refractivity contribution in [2.45, 2.75) is 19.4 Å². The Hall–Kier alpha value is -1.62. The number of benzene rings is 1. The number of rotatable bonds is 6. The summed E-state index contributed by atoms with van der Waals surface area (Å²) >= 11 is 0. The second-order valence-corrected chi connectivity index (χ2v) is 4.03. The van der Waals surface area contributed by atoms with Crippen molar-refractivity contribution in [3.8, 4) is 5.75 Å². The molecule has 0 saturated carbocycles. The average molecular weight is 254 g/mol. The number of hydrogen-bond donors (Lipinski definition) is 2. The van der Waals surface area contributed by atoms with Gasteiger partial charge in [-0.25, -0.2) is 4.39 Å². The van der Waals surface area contributed by atoms with Crippen LogP contribution in [0, 0.1) is 5.82 Å². The van der Waals surface area contributed by atoms with Crippen molar-refractivity contribution < 1.29 is 13.9 Å². The van der Waals surface area contributed by atoms with Gasteiger partial charge in [0, 0.05) is 18.5 Å². The third-order valence-electron chi connectivity index (χ3n) is 2.64. The van der Waals surface area contributed by atoms with Crippen molar-refractivity contribution in [3.05, 3.63) is 29.6 Å². The van der Waals surface area contributed by atoms with E-state index in [2.05, 4.69) is 10.6 Å². The van der Waals surface area contributed by atoms with Crippen molar-refractivity contribution in [1.82, 2.24) is 10.6 Å². The fraction of sp³-hybridized carbons (Fsp3) is 0.462. The molecule has 0 fully saturated rings. The van der Waals surface area contributed by atoms with Crippen LogP contribution in [0.1, 0.15) is 24.9 Å². The molecule has 100 valence electrons. The minimum absolute atomic E-state index is 0.0804. The molecule has 1 unspecified atom stereocenters. The molecule has 0 heterocycles. The van der Waals surface area contributed by atoms with Crippen molar-refractivity contribution >= 4 is 5.91 Å². The molecular formula is C13H19FN2O2. The number of nitrogens with one attached hydrogen (secondary N) is 2. The minimum Gasteiger partial charge on any atom is -0.496 e. The SMILES string of the molecule is CNCCC(=O)NC(C)c1cc(F)ccc1OC. The van der Waals surface area contributed by atoms with E-state index < -0.39 is 0 Å². The zero-order valence-corrected chi connectivity index (χ0v) is 10.9. The quantitative estimate of drug-likeness (QED) is 0.811. The van der Waals surface area contributed by atoms with Gasteiger partial charge in [0.1, 0.15) is 11.6 Å². The monoisotopic (exact) mass is 254 g/mol. The number of halogens is 1. The van der Waals surface area contributed by atoms with Gasteiger partial charge >= 0.3 is 0 Å². The number of carbonyl (C=O) groups excluding carboxylic acids is 1. The van der Waals surface area contributed by atoms with E-state index in [1.807, 2.05) is 0 Å². The number of methoxy groups -OCH3 is 1. The van der Waals surface area contributed by atoms with E-state index >= 15 is 0 Å². The molecule has 1 rings (SSSR count). The Morgan fingerprint density at radius 3 is 2.83 bits per heavy atom. The van der Waals surface area contributed by atoms with Crippen LogP contribution in [0.2, 0.25) is 0 Å². The average Bonchev–Trinajstić information content (AvgIpc) is 2.36. The number of hydrogen-bond acceptors (Lipinski definition) is 3. The van der Waals surface area contributed by atoms with E-state index in [9.17, 15) is 9.18 Å². The lowest BCUT2D eigenvalue weighted by Crippen LogP contribution is -2.29. The molecule has 0 radical (unpaired) electrons. The van der Waals surface area contributed by atoms with Crippen molar-refractivity contribution in [1.29, 1.82) is 0 Å². The molecule has 4 nitrogen and oxygen atoms in total.